The molecule has 12 heavy (non-hydrogen) atoms. The van der Waals surface area contributed by atoms with Crippen molar-refractivity contribution in [3.63, 3.8) is 0 Å². The molecule has 0 radical (unpaired) electrons. The van der Waals surface area contributed by atoms with Crippen LogP contribution in [0.5, 0.6) is 0 Å². The van der Waals surface area contributed by atoms with E-state index >= 15 is 0 Å². The number of aliphatic hydroxyl groups is 1. The summed E-state index contributed by atoms with van der Waals surface area (Å²) >= 11 is 0. The van der Waals surface area contributed by atoms with Crippen molar-refractivity contribution in [3.05, 3.63) is 0 Å². The number of aliphatic hydroxyl groups excluding tert-OH is 1. The van der Waals surface area contributed by atoms with E-state index in [4.69, 9.17) is 0 Å². The summed E-state index contributed by atoms with van der Waals surface area (Å²) in [6, 6.07) is 0.595. The van der Waals surface area contributed by atoms with Crippen molar-refractivity contribution >= 4 is 0 Å². The van der Waals surface area contributed by atoms with Crippen molar-refractivity contribution in [1.29, 1.82) is 0 Å². The highest BCUT2D eigenvalue weighted by atomic mass is 16.3. The van der Waals surface area contributed by atoms with Gasteiger partial charge in [-0.2, -0.15) is 0 Å². The fraction of sp³-hybridized carbons (Fsp3) is 1.00. The third kappa shape index (κ3) is 1.99. The van der Waals surface area contributed by atoms with Crippen LogP contribution in [0.3, 0.4) is 0 Å². The van der Waals surface area contributed by atoms with Crippen molar-refractivity contribution < 1.29 is 5.11 Å². The topological polar surface area (TPSA) is 32.3 Å². The summed E-state index contributed by atoms with van der Waals surface area (Å²) in [6.45, 7) is 3.50. The van der Waals surface area contributed by atoms with Gasteiger partial charge in [0.25, 0.3) is 0 Å². The number of nitrogens with one attached hydrogen (secondary N) is 1. The summed E-state index contributed by atoms with van der Waals surface area (Å²) in [7, 11) is 0. The van der Waals surface area contributed by atoms with Crippen LogP contribution in [0.25, 0.3) is 0 Å². The Morgan fingerprint density at radius 3 is 2.67 bits per heavy atom. The van der Waals surface area contributed by atoms with Crippen LogP contribution < -0.4 is 5.32 Å². The third-order valence-electron chi connectivity index (χ3n) is 3.33. The second-order valence-corrected chi connectivity index (χ2v) is 4.86. The molecule has 2 heteroatoms. The van der Waals surface area contributed by atoms with E-state index in [9.17, 15) is 5.11 Å². The predicted octanol–water partition coefficient (Wildman–Crippen LogP) is 1.29. The molecule has 0 saturated heterocycles. The summed E-state index contributed by atoms with van der Waals surface area (Å²) in [4.78, 5) is 0. The van der Waals surface area contributed by atoms with Crippen LogP contribution in [0.1, 0.15) is 39.0 Å². The number of hydrogen-bond acceptors (Lipinski definition) is 2. The number of rotatable bonds is 3. The highest BCUT2D eigenvalue weighted by Gasteiger charge is 2.37. The fourth-order valence-electron chi connectivity index (χ4n) is 1.92. The molecule has 0 aromatic heterocycles. The zero-order valence-corrected chi connectivity index (χ0v) is 7.84. The highest BCUT2D eigenvalue weighted by Crippen LogP contribution is 2.44. The van der Waals surface area contributed by atoms with Gasteiger partial charge in [0, 0.05) is 12.6 Å². The maximum absolute atomic E-state index is 9.30. The van der Waals surface area contributed by atoms with Crippen LogP contribution in [-0.2, 0) is 0 Å². The third-order valence-corrected chi connectivity index (χ3v) is 3.33. The Balaban J connectivity index is 1.67. The van der Waals surface area contributed by atoms with Gasteiger partial charge in [-0.15, -0.1) is 0 Å². The Bertz CT molecular complexity index is 165. The highest BCUT2D eigenvalue weighted by molar-refractivity contribution is 4.92. The van der Waals surface area contributed by atoms with Crippen molar-refractivity contribution in [3.8, 4) is 0 Å². The molecule has 2 N–H and O–H groups in total. The zero-order valence-electron chi connectivity index (χ0n) is 7.84. The van der Waals surface area contributed by atoms with Gasteiger partial charge >= 0.3 is 0 Å². The molecule has 2 aliphatic carbocycles. The molecular formula is C10H19NO. The molecule has 2 saturated carbocycles. The molecule has 0 aliphatic heterocycles. The normalized spacial score (nSPS) is 38.5. The summed E-state index contributed by atoms with van der Waals surface area (Å²) < 4.78 is 0. The first-order valence-corrected chi connectivity index (χ1v) is 5.09. The van der Waals surface area contributed by atoms with Crippen LogP contribution in [0.15, 0.2) is 0 Å². The lowest BCUT2D eigenvalue weighted by molar-refractivity contribution is 0.179. The smallest absolute Gasteiger partial charge is 0.0555 e. The molecule has 2 nitrogen and oxygen atoms in total. The summed E-state index contributed by atoms with van der Waals surface area (Å²) in [5, 5.41) is 12.9. The van der Waals surface area contributed by atoms with E-state index in [1.165, 1.54) is 12.8 Å². The van der Waals surface area contributed by atoms with Crippen molar-refractivity contribution in [2.45, 2.75) is 51.2 Å². The van der Waals surface area contributed by atoms with Gasteiger partial charge in [0.05, 0.1) is 6.10 Å². The largest absolute Gasteiger partial charge is 0.393 e. The summed E-state index contributed by atoms with van der Waals surface area (Å²) in [6.07, 6.45) is 5.86. The average Bonchev–Trinajstić information content (AvgIpc) is 2.60. The first-order chi connectivity index (χ1) is 5.68. The average molecular weight is 169 g/mol. The van der Waals surface area contributed by atoms with Crippen LogP contribution in [0, 0.1) is 5.41 Å². The molecule has 2 atom stereocenters. The van der Waals surface area contributed by atoms with Gasteiger partial charge in [0.2, 0.25) is 0 Å². The molecule has 0 amide bonds. The lowest BCUT2D eigenvalue weighted by Gasteiger charge is -2.15. The van der Waals surface area contributed by atoms with E-state index in [1.54, 1.807) is 0 Å². The van der Waals surface area contributed by atoms with Crippen molar-refractivity contribution in [2.75, 3.05) is 6.54 Å². The van der Waals surface area contributed by atoms with Gasteiger partial charge in [0.1, 0.15) is 0 Å². The standard InChI is InChI=1S/C10H19NO/c1-10(4-5-10)7-11-8-2-3-9(12)6-8/h8-9,11-12H,2-7H2,1H3/t8-,9+/m0/s1. The molecule has 0 aromatic rings. The molecule has 0 aromatic carbocycles. The molecule has 70 valence electrons. The van der Waals surface area contributed by atoms with E-state index in [2.05, 4.69) is 12.2 Å². The van der Waals surface area contributed by atoms with E-state index in [0.29, 0.717) is 11.5 Å². The Labute approximate surface area is 74.4 Å². The molecule has 0 bridgehead atoms. The van der Waals surface area contributed by atoms with E-state index in [-0.39, 0.29) is 6.10 Å². The van der Waals surface area contributed by atoms with Gasteiger partial charge in [-0.3, -0.25) is 0 Å². The summed E-state index contributed by atoms with van der Waals surface area (Å²) in [5.41, 5.74) is 0.605. The van der Waals surface area contributed by atoms with E-state index in [1.807, 2.05) is 0 Å². The quantitative estimate of drug-likeness (QED) is 0.667. The Morgan fingerprint density at radius 2 is 2.17 bits per heavy atom. The molecule has 0 heterocycles. The second-order valence-electron chi connectivity index (χ2n) is 4.86. The van der Waals surface area contributed by atoms with Crippen LogP contribution >= 0.6 is 0 Å². The Kier molecular flexibility index (Phi) is 2.13. The zero-order chi connectivity index (χ0) is 8.60. The summed E-state index contributed by atoms with van der Waals surface area (Å²) in [5.74, 6) is 0. The second kappa shape index (κ2) is 3.00. The first-order valence-electron chi connectivity index (χ1n) is 5.09. The van der Waals surface area contributed by atoms with E-state index in [0.717, 1.165) is 25.8 Å². The predicted molar refractivity (Wildman–Crippen MR) is 49.0 cm³/mol. The van der Waals surface area contributed by atoms with Gasteiger partial charge < -0.3 is 10.4 Å². The van der Waals surface area contributed by atoms with Gasteiger partial charge in [0.15, 0.2) is 0 Å². The van der Waals surface area contributed by atoms with Crippen LogP contribution in [0.4, 0.5) is 0 Å². The fourth-order valence-corrected chi connectivity index (χ4v) is 1.92. The molecule has 2 rings (SSSR count). The molecule has 2 fully saturated rings. The monoisotopic (exact) mass is 169 g/mol. The van der Waals surface area contributed by atoms with Crippen LogP contribution in [-0.4, -0.2) is 23.8 Å². The van der Waals surface area contributed by atoms with Crippen molar-refractivity contribution in [2.24, 2.45) is 5.41 Å². The number of hydrogen-bond donors (Lipinski definition) is 2. The lowest BCUT2D eigenvalue weighted by Crippen LogP contribution is -2.31. The molecule has 0 unspecified atom stereocenters. The minimum absolute atomic E-state index is 0.0329. The molecule has 0 spiro atoms. The minimum Gasteiger partial charge on any atom is -0.393 e. The SMILES string of the molecule is CC1(CN[C@H]2CC[C@@H](O)C2)CC1. The maximum Gasteiger partial charge on any atom is 0.0555 e. The van der Waals surface area contributed by atoms with Gasteiger partial charge in [-0.05, 0) is 37.5 Å². The van der Waals surface area contributed by atoms with E-state index < -0.39 is 0 Å². The maximum atomic E-state index is 9.30. The minimum atomic E-state index is -0.0329. The Hall–Kier alpha value is -0.0800. The molecule has 2 aliphatic rings. The molecular weight excluding hydrogens is 150 g/mol. The van der Waals surface area contributed by atoms with Gasteiger partial charge in [-0.25, -0.2) is 0 Å². The first kappa shape index (κ1) is 8.52. The van der Waals surface area contributed by atoms with Crippen molar-refractivity contribution in [1.82, 2.24) is 5.32 Å². The lowest BCUT2D eigenvalue weighted by atomic mass is 10.1. The van der Waals surface area contributed by atoms with Crippen LogP contribution in [0.2, 0.25) is 0 Å². The van der Waals surface area contributed by atoms with Gasteiger partial charge in [-0.1, -0.05) is 6.92 Å². The Morgan fingerprint density at radius 1 is 1.42 bits per heavy atom.